The Hall–Kier alpha value is -0.0600. The summed E-state index contributed by atoms with van der Waals surface area (Å²) in [6.45, 7) is 2.05. The summed E-state index contributed by atoms with van der Waals surface area (Å²) in [4.78, 5) is 5.82. The van der Waals surface area contributed by atoms with Gasteiger partial charge in [-0.25, -0.2) is 4.98 Å². The number of hydrogen-bond donors (Lipinski definition) is 1. The first-order valence-electron chi connectivity index (χ1n) is 5.55. The van der Waals surface area contributed by atoms with Crippen LogP contribution in [0.2, 0.25) is 0 Å². The molecule has 1 fully saturated rings. The Morgan fingerprint density at radius 3 is 3.20 bits per heavy atom. The van der Waals surface area contributed by atoms with E-state index in [0.717, 1.165) is 18.1 Å². The maximum Gasteiger partial charge on any atom is 0.0938 e. The van der Waals surface area contributed by atoms with Crippen LogP contribution in [0, 0.1) is 0 Å². The highest BCUT2D eigenvalue weighted by Crippen LogP contribution is 2.30. The fourth-order valence-corrected chi connectivity index (χ4v) is 4.38. The van der Waals surface area contributed by atoms with Crippen LogP contribution in [0.4, 0.5) is 0 Å². The Morgan fingerprint density at radius 2 is 2.53 bits per heavy atom. The lowest BCUT2D eigenvalue weighted by Gasteiger charge is -2.04. The summed E-state index contributed by atoms with van der Waals surface area (Å²) >= 11 is 3.95. The molecule has 1 aromatic rings. The van der Waals surface area contributed by atoms with Crippen molar-refractivity contribution >= 4 is 23.1 Å². The summed E-state index contributed by atoms with van der Waals surface area (Å²) in [6, 6.07) is 0.249. The molecule has 0 amide bonds. The molecule has 1 saturated heterocycles. The predicted octanol–water partition coefficient (Wildman–Crippen LogP) is 2.47. The van der Waals surface area contributed by atoms with E-state index in [1.54, 1.807) is 0 Å². The number of hydrogen-bond acceptors (Lipinski definition) is 4. The Labute approximate surface area is 99.7 Å². The minimum Gasteiger partial charge on any atom is -0.328 e. The molecule has 0 saturated carbocycles. The molecule has 4 heteroatoms. The Balaban J connectivity index is 1.88. The van der Waals surface area contributed by atoms with Crippen molar-refractivity contribution in [3.63, 3.8) is 0 Å². The molecule has 1 aromatic heterocycles. The van der Waals surface area contributed by atoms with Crippen LogP contribution in [0.25, 0.3) is 0 Å². The quantitative estimate of drug-likeness (QED) is 0.881. The molecule has 2 nitrogen and oxygen atoms in total. The van der Waals surface area contributed by atoms with Crippen LogP contribution < -0.4 is 5.73 Å². The lowest BCUT2D eigenvalue weighted by molar-refractivity contribution is 0.745. The second-order valence-corrected chi connectivity index (χ2v) is 6.85. The van der Waals surface area contributed by atoms with Crippen LogP contribution in [0.15, 0.2) is 6.20 Å². The number of rotatable bonds is 4. The van der Waals surface area contributed by atoms with Gasteiger partial charge in [-0.05, 0) is 31.9 Å². The van der Waals surface area contributed by atoms with Gasteiger partial charge in [0.25, 0.3) is 0 Å². The first kappa shape index (κ1) is 11.4. The highest BCUT2D eigenvalue weighted by atomic mass is 32.2. The number of thioether (sulfide) groups is 1. The first-order valence-corrected chi connectivity index (χ1v) is 7.41. The maximum absolute atomic E-state index is 5.77. The van der Waals surface area contributed by atoms with Gasteiger partial charge >= 0.3 is 0 Å². The van der Waals surface area contributed by atoms with E-state index in [2.05, 4.69) is 16.7 Å². The van der Waals surface area contributed by atoms with Crippen molar-refractivity contribution in [2.75, 3.05) is 5.75 Å². The average Bonchev–Trinajstić information content (AvgIpc) is 2.77. The standard InChI is InChI=1S/C11H18N2S2/c1-8(12)5-10-7-13-11(15-10)6-9-3-2-4-14-9/h7-9H,2-6,12H2,1H3. The van der Waals surface area contributed by atoms with E-state index in [0.29, 0.717) is 0 Å². The van der Waals surface area contributed by atoms with Crippen molar-refractivity contribution < 1.29 is 0 Å². The third-order valence-corrected chi connectivity index (χ3v) is 4.99. The van der Waals surface area contributed by atoms with Crippen LogP contribution in [-0.4, -0.2) is 22.0 Å². The van der Waals surface area contributed by atoms with Crippen molar-refractivity contribution in [3.8, 4) is 0 Å². The van der Waals surface area contributed by atoms with E-state index in [1.165, 1.54) is 28.5 Å². The summed E-state index contributed by atoms with van der Waals surface area (Å²) < 4.78 is 0. The molecular weight excluding hydrogens is 224 g/mol. The maximum atomic E-state index is 5.77. The van der Waals surface area contributed by atoms with Crippen LogP contribution in [0.5, 0.6) is 0 Å². The molecule has 15 heavy (non-hydrogen) atoms. The van der Waals surface area contributed by atoms with Gasteiger partial charge in [0.05, 0.1) is 5.01 Å². The van der Waals surface area contributed by atoms with Gasteiger partial charge in [0.15, 0.2) is 0 Å². The molecule has 1 aliphatic rings. The number of thiazole rings is 1. The zero-order chi connectivity index (χ0) is 10.7. The Morgan fingerprint density at radius 1 is 1.67 bits per heavy atom. The Kier molecular flexibility index (Phi) is 4.05. The lowest BCUT2D eigenvalue weighted by atomic mass is 10.2. The van der Waals surface area contributed by atoms with Crippen molar-refractivity contribution in [2.24, 2.45) is 5.73 Å². The van der Waals surface area contributed by atoms with Crippen molar-refractivity contribution in [1.82, 2.24) is 4.98 Å². The molecule has 0 aliphatic carbocycles. The molecule has 0 bridgehead atoms. The third-order valence-electron chi connectivity index (χ3n) is 2.55. The zero-order valence-electron chi connectivity index (χ0n) is 9.11. The minimum atomic E-state index is 0.249. The smallest absolute Gasteiger partial charge is 0.0938 e. The molecule has 2 unspecified atom stereocenters. The normalized spacial score (nSPS) is 23.2. The van der Waals surface area contributed by atoms with Crippen LogP contribution in [0.1, 0.15) is 29.7 Å². The molecule has 0 spiro atoms. The van der Waals surface area contributed by atoms with E-state index in [9.17, 15) is 0 Å². The lowest BCUT2D eigenvalue weighted by Crippen LogP contribution is -2.16. The van der Waals surface area contributed by atoms with Crippen molar-refractivity contribution in [3.05, 3.63) is 16.1 Å². The fourth-order valence-electron chi connectivity index (χ4n) is 1.85. The number of nitrogens with two attached hydrogens (primary N) is 1. The van der Waals surface area contributed by atoms with Gasteiger partial charge in [-0.2, -0.15) is 11.8 Å². The van der Waals surface area contributed by atoms with Gasteiger partial charge in [0, 0.05) is 28.8 Å². The predicted molar refractivity (Wildman–Crippen MR) is 68.7 cm³/mol. The molecule has 1 aliphatic heterocycles. The van der Waals surface area contributed by atoms with Crippen molar-refractivity contribution in [2.45, 2.75) is 43.9 Å². The highest BCUT2D eigenvalue weighted by molar-refractivity contribution is 8.00. The summed E-state index contributed by atoms with van der Waals surface area (Å²) in [6.07, 6.45) is 6.88. The zero-order valence-corrected chi connectivity index (χ0v) is 10.7. The molecule has 2 N–H and O–H groups in total. The first-order chi connectivity index (χ1) is 7.24. The molecular formula is C11H18N2S2. The van der Waals surface area contributed by atoms with Gasteiger partial charge in [0.1, 0.15) is 0 Å². The molecule has 0 aromatic carbocycles. The SMILES string of the molecule is CC(N)Cc1cnc(CC2CCCS2)s1. The summed E-state index contributed by atoms with van der Waals surface area (Å²) in [5.74, 6) is 1.34. The highest BCUT2D eigenvalue weighted by Gasteiger charge is 2.17. The number of aromatic nitrogens is 1. The van der Waals surface area contributed by atoms with E-state index in [4.69, 9.17) is 5.73 Å². The van der Waals surface area contributed by atoms with Gasteiger partial charge < -0.3 is 5.73 Å². The molecule has 2 heterocycles. The topological polar surface area (TPSA) is 38.9 Å². The molecule has 0 radical (unpaired) electrons. The van der Waals surface area contributed by atoms with E-state index < -0.39 is 0 Å². The van der Waals surface area contributed by atoms with Crippen LogP contribution in [-0.2, 0) is 12.8 Å². The second-order valence-electron chi connectivity index (χ2n) is 4.24. The molecule has 2 atom stereocenters. The van der Waals surface area contributed by atoms with Crippen molar-refractivity contribution in [1.29, 1.82) is 0 Å². The molecule has 84 valence electrons. The summed E-state index contributed by atoms with van der Waals surface area (Å²) in [5, 5.41) is 2.12. The van der Waals surface area contributed by atoms with Gasteiger partial charge in [0.2, 0.25) is 0 Å². The summed E-state index contributed by atoms with van der Waals surface area (Å²) in [5.41, 5.74) is 5.77. The van der Waals surface area contributed by atoms with E-state index in [-0.39, 0.29) is 6.04 Å². The Bertz CT molecular complexity index is 303. The average molecular weight is 242 g/mol. The number of nitrogens with zero attached hydrogens (tertiary/aromatic N) is 1. The monoisotopic (exact) mass is 242 g/mol. The van der Waals surface area contributed by atoms with Gasteiger partial charge in [-0.1, -0.05) is 0 Å². The fraction of sp³-hybridized carbons (Fsp3) is 0.727. The largest absolute Gasteiger partial charge is 0.328 e. The minimum absolute atomic E-state index is 0.249. The third kappa shape index (κ3) is 3.47. The van der Waals surface area contributed by atoms with Crippen LogP contribution >= 0.6 is 23.1 Å². The van der Waals surface area contributed by atoms with E-state index >= 15 is 0 Å². The van der Waals surface area contributed by atoms with Crippen LogP contribution in [0.3, 0.4) is 0 Å². The van der Waals surface area contributed by atoms with Gasteiger partial charge in [-0.15, -0.1) is 11.3 Å². The summed E-state index contributed by atoms with van der Waals surface area (Å²) in [7, 11) is 0. The van der Waals surface area contributed by atoms with Gasteiger partial charge in [-0.3, -0.25) is 0 Å². The second kappa shape index (κ2) is 5.32. The molecule has 2 rings (SSSR count). The van der Waals surface area contributed by atoms with E-state index in [1.807, 2.05) is 24.5 Å².